The third kappa shape index (κ3) is 2.26. The molecule has 3 atom stereocenters. The predicted octanol–water partition coefficient (Wildman–Crippen LogP) is 2.38. The Morgan fingerprint density at radius 1 is 1.50 bits per heavy atom. The Morgan fingerprint density at radius 2 is 2.30 bits per heavy atom. The van der Waals surface area contributed by atoms with Crippen LogP contribution < -0.4 is 10.6 Å². The maximum atomic E-state index is 11.8. The maximum absolute atomic E-state index is 11.8. The van der Waals surface area contributed by atoms with Gasteiger partial charge in [-0.05, 0) is 48.5 Å². The number of carbonyl (C=O) groups excluding carboxylic acids is 1. The Labute approximate surface area is 123 Å². The number of fused-ring (bicyclic) bond motifs is 2. The fraction of sp³-hybridized carbons (Fsp3) is 0.714. The van der Waals surface area contributed by atoms with Crippen molar-refractivity contribution in [1.82, 2.24) is 4.37 Å². The SMILES string of the molecule is COC(=O)c1c(N)nsc1N(C)CC1CC2CCC1C2. The van der Waals surface area contributed by atoms with Gasteiger partial charge in [0.25, 0.3) is 0 Å². The monoisotopic (exact) mass is 295 g/mol. The number of methoxy groups -OCH3 is 1. The van der Waals surface area contributed by atoms with E-state index in [4.69, 9.17) is 10.5 Å². The van der Waals surface area contributed by atoms with E-state index in [-0.39, 0.29) is 5.82 Å². The summed E-state index contributed by atoms with van der Waals surface area (Å²) >= 11 is 1.28. The van der Waals surface area contributed by atoms with Crippen LogP contribution in [0.1, 0.15) is 36.0 Å². The van der Waals surface area contributed by atoms with Gasteiger partial charge in [0.05, 0.1) is 7.11 Å². The molecule has 1 aromatic heterocycles. The number of anilines is 2. The molecule has 2 aliphatic carbocycles. The van der Waals surface area contributed by atoms with Crippen molar-refractivity contribution in [2.24, 2.45) is 17.8 Å². The average molecular weight is 295 g/mol. The van der Waals surface area contributed by atoms with Crippen LogP contribution in [0.25, 0.3) is 0 Å². The highest BCUT2D eigenvalue weighted by Crippen LogP contribution is 2.48. The normalized spacial score (nSPS) is 27.8. The number of hydrogen-bond acceptors (Lipinski definition) is 6. The predicted molar refractivity (Wildman–Crippen MR) is 80.1 cm³/mol. The third-order valence-electron chi connectivity index (χ3n) is 4.83. The van der Waals surface area contributed by atoms with Gasteiger partial charge in [-0.25, -0.2) is 4.79 Å². The molecule has 2 saturated carbocycles. The summed E-state index contributed by atoms with van der Waals surface area (Å²) in [4.78, 5) is 14.0. The summed E-state index contributed by atoms with van der Waals surface area (Å²) in [5.41, 5.74) is 6.22. The molecule has 2 aliphatic rings. The van der Waals surface area contributed by atoms with Crippen LogP contribution >= 0.6 is 11.5 Å². The minimum absolute atomic E-state index is 0.275. The molecule has 3 rings (SSSR count). The molecule has 1 heterocycles. The van der Waals surface area contributed by atoms with Crippen molar-refractivity contribution in [1.29, 1.82) is 0 Å². The van der Waals surface area contributed by atoms with Gasteiger partial charge in [0.1, 0.15) is 10.6 Å². The molecule has 0 saturated heterocycles. The Balaban J connectivity index is 1.74. The van der Waals surface area contributed by atoms with Crippen LogP contribution in [0.15, 0.2) is 0 Å². The number of aromatic nitrogens is 1. The number of carbonyl (C=O) groups is 1. The molecule has 5 nitrogen and oxygen atoms in total. The summed E-state index contributed by atoms with van der Waals surface area (Å²) in [5.74, 6) is 2.43. The zero-order valence-corrected chi connectivity index (χ0v) is 12.8. The molecule has 2 fully saturated rings. The Bertz CT molecular complexity index is 517. The summed E-state index contributed by atoms with van der Waals surface area (Å²) in [6.07, 6.45) is 5.51. The Hall–Kier alpha value is -1.30. The third-order valence-corrected chi connectivity index (χ3v) is 5.81. The fourth-order valence-corrected chi connectivity index (χ4v) is 4.65. The standard InChI is InChI=1S/C14H21N3O2S/c1-17(7-10-6-8-3-4-9(10)5-8)13-11(14(18)19-2)12(15)16-20-13/h8-10H,3-7H2,1-2H3,(H2,15,16). The van der Waals surface area contributed by atoms with Gasteiger partial charge in [-0.3, -0.25) is 0 Å². The van der Waals surface area contributed by atoms with Crippen molar-refractivity contribution in [3.05, 3.63) is 5.56 Å². The van der Waals surface area contributed by atoms with Crippen molar-refractivity contribution >= 4 is 28.3 Å². The van der Waals surface area contributed by atoms with Crippen molar-refractivity contribution in [3.63, 3.8) is 0 Å². The number of esters is 1. The molecule has 0 radical (unpaired) electrons. The van der Waals surface area contributed by atoms with Crippen molar-refractivity contribution in [3.8, 4) is 0 Å². The van der Waals surface area contributed by atoms with Crippen molar-refractivity contribution < 1.29 is 9.53 Å². The number of rotatable bonds is 4. The summed E-state index contributed by atoms with van der Waals surface area (Å²) in [6.45, 7) is 0.979. The number of nitrogens with zero attached hydrogens (tertiary/aromatic N) is 2. The number of ether oxygens (including phenoxy) is 1. The van der Waals surface area contributed by atoms with E-state index < -0.39 is 5.97 Å². The summed E-state index contributed by atoms with van der Waals surface area (Å²) in [7, 11) is 3.39. The van der Waals surface area contributed by atoms with E-state index in [9.17, 15) is 4.79 Å². The lowest BCUT2D eigenvalue weighted by Gasteiger charge is -2.27. The van der Waals surface area contributed by atoms with Gasteiger partial charge in [0.2, 0.25) is 0 Å². The number of nitrogens with two attached hydrogens (primary N) is 1. The molecule has 0 amide bonds. The molecule has 0 spiro atoms. The topological polar surface area (TPSA) is 68.5 Å². The van der Waals surface area contributed by atoms with E-state index in [1.54, 1.807) is 0 Å². The highest BCUT2D eigenvalue weighted by Gasteiger charge is 2.40. The Kier molecular flexibility index (Phi) is 3.58. The van der Waals surface area contributed by atoms with E-state index >= 15 is 0 Å². The van der Waals surface area contributed by atoms with Gasteiger partial charge in [-0.1, -0.05) is 6.42 Å². The average Bonchev–Trinajstić information content (AvgIpc) is 3.12. The molecular weight excluding hydrogens is 274 g/mol. The quantitative estimate of drug-likeness (QED) is 0.864. The first-order chi connectivity index (χ1) is 9.60. The molecular formula is C14H21N3O2S. The molecule has 2 N–H and O–H groups in total. The van der Waals surface area contributed by atoms with Gasteiger partial charge in [-0.2, -0.15) is 4.37 Å². The summed E-state index contributed by atoms with van der Waals surface area (Å²) < 4.78 is 8.91. The lowest BCUT2D eigenvalue weighted by Crippen LogP contribution is -2.29. The summed E-state index contributed by atoms with van der Waals surface area (Å²) in [5, 5.41) is 0.831. The maximum Gasteiger partial charge on any atom is 0.344 e. The van der Waals surface area contributed by atoms with Crippen LogP contribution in [0.5, 0.6) is 0 Å². The van der Waals surface area contributed by atoms with E-state index in [1.807, 2.05) is 7.05 Å². The molecule has 0 aromatic carbocycles. The van der Waals surface area contributed by atoms with E-state index in [0.29, 0.717) is 5.56 Å². The second kappa shape index (κ2) is 5.24. The molecule has 2 bridgehead atoms. The zero-order chi connectivity index (χ0) is 14.3. The first kappa shape index (κ1) is 13.7. The molecule has 1 aromatic rings. The second-order valence-electron chi connectivity index (χ2n) is 6.06. The van der Waals surface area contributed by atoms with Crippen molar-refractivity contribution in [2.75, 3.05) is 31.3 Å². The van der Waals surface area contributed by atoms with Crippen LogP contribution in [-0.4, -0.2) is 31.0 Å². The lowest BCUT2D eigenvalue weighted by molar-refractivity contribution is 0.0603. The van der Waals surface area contributed by atoms with Crippen LogP contribution in [-0.2, 0) is 4.74 Å². The minimum Gasteiger partial charge on any atom is -0.465 e. The second-order valence-corrected chi connectivity index (χ2v) is 6.81. The van der Waals surface area contributed by atoms with Crippen LogP contribution in [0.3, 0.4) is 0 Å². The summed E-state index contributed by atoms with van der Waals surface area (Å²) in [6, 6.07) is 0. The van der Waals surface area contributed by atoms with Crippen LogP contribution in [0.4, 0.5) is 10.8 Å². The lowest BCUT2D eigenvalue weighted by atomic mass is 9.88. The van der Waals surface area contributed by atoms with Crippen LogP contribution in [0, 0.1) is 17.8 Å². The first-order valence-corrected chi connectivity index (χ1v) is 7.92. The van der Waals surface area contributed by atoms with Gasteiger partial charge in [-0.15, -0.1) is 0 Å². The fourth-order valence-electron chi connectivity index (χ4n) is 3.88. The highest BCUT2D eigenvalue weighted by molar-refractivity contribution is 7.11. The molecule has 20 heavy (non-hydrogen) atoms. The van der Waals surface area contributed by atoms with Gasteiger partial charge in [0, 0.05) is 13.6 Å². The van der Waals surface area contributed by atoms with Gasteiger partial charge in [0.15, 0.2) is 5.82 Å². The van der Waals surface area contributed by atoms with Crippen LogP contribution in [0.2, 0.25) is 0 Å². The van der Waals surface area contributed by atoms with E-state index in [1.165, 1.54) is 44.3 Å². The largest absolute Gasteiger partial charge is 0.465 e. The molecule has 0 aliphatic heterocycles. The smallest absolute Gasteiger partial charge is 0.344 e. The highest BCUT2D eigenvalue weighted by atomic mass is 32.1. The molecule has 3 unspecified atom stereocenters. The molecule has 110 valence electrons. The van der Waals surface area contributed by atoms with Crippen molar-refractivity contribution in [2.45, 2.75) is 25.7 Å². The van der Waals surface area contributed by atoms with E-state index in [2.05, 4.69) is 9.27 Å². The minimum atomic E-state index is -0.397. The van der Waals surface area contributed by atoms with E-state index in [0.717, 1.165) is 29.3 Å². The Morgan fingerprint density at radius 3 is 2.90 bits per heavy atom. The zero-order valence-electron chi connectivity index (χ0n) is 12.0. The first-order valence-electron chi connectivity index (χ1n) is 7.14. The van der Waals surface area contributed by atoms with Gasteiger partial charge >= 0.3 is 5.97 Å². The number of hydrogen-bond donors (Lipinski definition) is 1. The van der Waals surface area contributed by atoms with Gasteiger partial charge < -0.3 is 15.4 Å². The molecule has 6 heteroatoms. The number of nitrogen functional groups attached to an aromatic ring is 1.